The monoisotopic (exact) mass is 397 g/mol. The van der Waals surface area contributed by atoms with Crippen LogP contribution in [0.1, 0.15) is 26.7 Å². The Morgan fingerprint density at radius 1 is 1.38 bits per heavy atom. The molecule has 120 valence electrons. The summed E-state index contributed by atoms with van der Waals surface area (Å²) in [6.07, 6.45) is 1.38. The lowest BCUT2D eigenvalue weighted by Crippen LogP contribution is -2.55. The molecular weight excluding hydrogens is 378 g/mol. The fourth-order valence-corrected chi connectivity index (χ4v) is 4.82. The summed E-state index contributed by atoms with van der Waals surface area (Å²) in [6, 6.07) is 3.13. The van der Waals surface area contributed by atoms with Crippen LogP contribution in [0.2, 0.25) is 0 Å². The van der Waals surface area contributed by atoms with Crippen LogP contribution in [0.5, 0.6) is 0 Å². The molecule has 0 bridgehead atoms. The third kappa shape index (κ3) is 5.03. The number of sulfonamides is 1. The number of hydrogen-bond acceptors (Lipinski definition) is 5. The lowest BCUT2D eigenvalue weighted by atomic mass is 9.93. The van der Waals surface area contributed by atoms with E-state index in [-0.39, 0.29) is 16.7 Å². The maximum Gasteiger partial charge on any atom is 0.250 e. The van der Waals surface area contributed by atoms with Crippen molar-refractivity contribution >= 4 is 43.2 Å². The molecule has 0 aromatic carbocycles. The van der Waals surface area contributed by atoms with Crippen LogP contribution in [0.25, 0.3) is 0 Å². The molecule has 0 spiro atoms. The number of nitrogens with two attached hydrogens (primary N) is 1. The number of carbonyl (C=O) groups is 1. The summed E-state index contributed by atoms with van der Waals surface area (Å²) >= 11 is 4.29. The van der Waals surface area contributed by atoms with Crippen LogP contribution in [-0.2, 0) is 14.8 Å². The van der Waals surface area contributed by atoms with Gasteiger partial charge in [0, 0.05) is 6.54 Å². The highest BCUT2D eigenvalue weighted by Crippen LogP contribution is 2.25. The number of halogens is 1. The smallest absolute Gasteiger partial charge is 0.250 e. The van der Waals surface area contributed by atoms with Gasteiger partial charge in [0.2, 0.25) is 5.91 Å². The van der Waals surface area contributed by atoms with E-state index in [1.807, 2.05) is 13.8 Å². The summed E-state index contributed by atoms with van der Waals surface area (Å²) in [5.41, 5.74) is 5.22. The van der Waals surface area contributed by atoms with E-state index in [1.54, 1.807) is 6.07 Å². The molecule has 1 aromatic rings. The van der Waals surface area contributed by atoms with Crippen molar-refractivity contribution in [3.63, 3.8) is 0 Å². The quantitative estimate of drug-likeness (QED) is 0.617. The van der Waals surface area contributed by atoms with Gasteiger partial charge in [-0.05, 0) is 40.9 Å². The van der Waals surface area contributed by atoms with Crippen molar-refractivity contribution in [1.29, 1.82) is 0 Å². The number of nitrogens with one attached hydrogen (secondary N) is 2. The van der Waals surface area contributed by atoms with Crippen LogP contribution in [0.4, 0.5) is 0 Å². The minimum atomic E-state index is -3.66. The fourth-order valence-electron chi connectivity index (χ4n) is 1.78. The van der Waals surface area contributed by atoms with Gasteiger partial charge < -0.3 is 11.1 Å². The molecule has 0 aliphatic heterocycles. The molecule has 0 unspecified atom stereocenters. The normalized spacial score (nSPS) is 12.4. The predicted molar refractivity (Wildman–Crippen MR) is 87.7 cm³/mol. The van der Waals surface area contributed by atoms with E-state index >= 15 is 0 Å². The third-order valence-corrected chi connectivity index (χ3v) is 6.90. The van der Waals surface area contributed by atoms with E-state index in [2.05, 4.69) is 26.0 Å². The summed E-state index contributed by atoms with van der Waals surface area (Å²) in [5.74, 6) is -0.386. The van der Waals surface area contributed by atoms with Crippen molar-refractivity contribution < 1.29 is 13.2 Å². The fraction of sp³-hybridized carbons (Fsp3) is 0.583. The van der Waals surface area contributed by atoms with Gasteiger partial charge in [0.1, 0.15) is 4.21 Å². The predicted octanol–water partition coefficient (Wildman–Crippen LogP) is 1.42. The standard InChI is InChI=1S/C12H20BrN3O3S2/c1-3-12(4-2,8-14)16-10(17)7-15-21(18,19)11-6-5-9(13)20-11/h5-6,15H,3-4,7-8,14H2,1-2H3,(H,16,17). The van der Waals surface area contributed by atoms with Crippen molar-refractivity contribution in [3.05, 3.63) is 15.9 Å². The molecule has 1 heterocycles. The molecule has 0 saturated heterocycles. The highest BCUT2D eigenvalue weighted by molar-refractivity contribution is 9.11. The average molecular weight is 398 g/mol. The van der Waals surface area contributed by atoms with E-state index in [9.17, 15) is 13.2 Å². The molecule has 4 N–H and O–H groups in total. The summed E-state index contributed by atoms with van der Waals surface area (Å²) in [6.45, 7) is 3.88. The highest BCUT2D eigenvalue weighted by Gasteiger charge is 2.27. The zero-order valence-corrected chi connectivity index (χ0v) is 15.2. The number of rotatable bonds is 8. The summed E-state index contributed by atoms with van der Waals surface area (Å²) in [7, 11) is -3.66. The molecule has 0 aliphatic carbocycles. The maximum absolute atomic E-state index is 12.0. The van der Waals surface area contributed by atoms with Crippen molar-refractivity contribution in [2.45, 2.75) is 36.4 Å². The minimum Gasteiger partial charge on any atom is -0.348 e. The second-order valence-corrected chi connectivity index (χ2v) is 9.08. The number of hydrogen-bond donors (Lipinski definition) is 3. The van der Waals surface area contributed by atoms with Crippen molar-refractivity contribution in [1.82, 2.24) is 10.0 Å². The number of amides is 1. The van der Waals surface area contributed by atoms with E-state index in [0.29, 0.717) is 23.2 Å². The van der Waals surface area contributed by atoms with Gasteiger partial charge >= 0.3 is 0 Å². The Kier molecular flexibility index (Phi) is 6.79. The maximum atomic E-state index is 12.0. The number of carbonyl (C=O) groups excluding carboxylic acids is 1. The Bertz CT molecular complexity index is 574. The molecule has 1 amide bonds. The van der Waals surface area contributed by atoms with Crippen LogP contribution in [0, 0.1) is 0 Å². The molecule has 9 heteroatoms. The first-order chi connectivity index (χ1) is 9.78. The van der Waals surface area contributed by atoms with Gasteiger partial charge in [-0.15, -0.1) is 11.3 Å². The van der Waals surface area contributed by atoms with E-state index in [0.717, 1.165) is 11.3 Å². The first kappa shape index (κ1) is 18.6. The zero-order chi connectivity index (χ0) is 16.1. The van der Waals surface area contributed by atoms with Gasteiger partial charge in [0.25, 0.3) is 10.0 Å². The van der Waals surface area contributed by atoms with Gasteiger partial charge in [-0.25, -0.2) is 13.1 Å². The summed E-state index contributed by atoms with van der Waals surface area (Å²) in [5, 5.41) is 2.81. The van der Waals surface area contributed by atoms with Crippen molar-refractivity contribution in [2.75, 3.05) is 13.1 Å². The lowest BCUT2D eigenvalue weighted by Gasteiger charge is -2.31. The highest BCUT2D eigenvalue weighted by atomic mass is 79.9. The van der Waals surface area contributed by atoms with Crippen LogP contribution in [-0.4, -0.2) is 33.0 Å². The summed E-state index contributed by atoms with van der Waals surface area (Å²) < 4.78 is 27.2. The minimum absolute atomic E-state index is 0.165. The van der Waals surface area contributed by atoms with E-state index in [1.165, 1.54) is 6.07 Å². The molecule has 0 fully saturated rings. The molecule has 0 radical (unpaired) electrons. The first-order valence-electron chi connectivity index (χ1n) is 6.54. The summed E-state index contributed by atoms with van der Waals surface area (Å²) in [4.78, 5) is 11.9. The van der Waals surface area contributed by atoms with Crippen LogP contribution >= 0.6 is 27.3 Å². The van der Waals surface area contributed by atoms with Gasteiger partial charge in [-0.3, -0.25) is 4.79 Å². The Labute approximate surface area is 137 Å². The third-order valence-electron chi connectivity index (χ3n) is 3.39. The van der Waals surface area contributed by atoms with Gasteiger partial charge in [0.15, 0.2) is 0 Å². The van der Waals surface area contributed by atoms with E-state index < -0.39 is 15.6 Å². The molecule has 0 atom stereocenters. The van der Waals surface area contributed by atoms with Gasteiger partial charge in [0.05, 0.1) is 15.9 Å². The number of thiophene rings is 1. The second-order valence-electron chi connectivity index (χ2n) is 4.62. The molecule has 21 heavy (non-hydrogen) atoms. The van der Waals surface area contributed by atoms with Crippen LogP contribution < -0.4 is 15.8 Å². The zero-order valence-electron chi connectivity index (χ0n) is 12.0. The van der Waals surface area contributed by atoms with Gasteiger partial charge in [-0.2, -0.15) is 0 Å². The van der Waals surface area contributed by atoms with Crippen LogP contribution in [0.3, 0.4) is 0 Å². The van der Waals surface area contributed by atoms with Gasteiger partial charge in [-0.1, -0.05) is 13.8 Å². The Balaban J connectivity index is 2.64. The molecule has 1 aromatic heterocycles. The molecule has 0 aliphatic rings. The largest absolute Gasteiger partial charge is 0.348 e. The first-order valence-corrected chi connectivity index (χ1v) is 9.64. The SMILES string of the molecule is CCC(CC)(CN)NC(=O)CNS(=O)(=O)c1ccc(Br)s1. The Morgan fingerprint density at radius 2 is 2.00 bits per heavy atom. The lowest BCUT2D eigenvalue weighted by molar-refractivity contribution is -0.121. The molecule has 1 rings (SSSR count). The van der Waals surface area contributed by atoms with E-state index in [4.69, 9.17) is 5.73 Å². The average Bonchev–Trinajstić information content (AvgIpc) is 2.90. The molecule has 6 nitrogen and oxygen atoms in total. The van der Waals surface area contributed by atoms with Crippen LogP contribution in [0.15, 0.2) is 20.1 Å². The molecular formula is C12H20BrN3O3S2. The van der Waals surface area contributed by atoms with Crippen molar-refractivity contribution in [3.8, 4) is 0 Å². The Hall–Kier alpha value is -0.480. The second kappa shape index (κ2) is 7.68. The Morgan fingerprint density at radius 3 is 2.43 bits per heavy atom. The van der Waals surface area contributed by atoms with Crippen molar-refractivity contribution in [2.24, 2.45) is 5.73 Å². The molecule has 0 saturated carbocycles. The topological polar surface area (TPSA) is 101 Å².